The van der Waals surface area contributed by atoms with Gasteiger partial charge in [-0.3, -0.25) is 9.59 Å². The molecule has 0 aliphatic rings. The lowest BCUT2D eigenvalue weighted by Crippen LogP contribution is -2.10. The molecule has 1 heterocycles. The molecule has 0 atom stereocenters. The lowest BCUT2D eigenvalue weighted by Gasteiger charge is -2.08. The van der Waals surface area contributed by atoms with Crippen molar-refractivity contribution in [3.63, 3.8) is 0 Å². The van der Waals surface area contributed by atoms with Crippen molar-refractivity contribution in [3.05, 3.63) is 40.3 Å². The van der Waals surface area contributed by atoms with Gasteiger partial charge in [-0.05, 0) is 12.1 Å². The van der Waals surface area contributed by atoms with E-state index in [1.54, 1.807) is 17.5 Å². The monoisotopic (exact) mass is 277 g/mol. The minimum absolute atomic E-state index is 0.0231. The highest BCUT2D eigenvalue weighted by atomic mass is 32.1. The van der Waals surface area contributed by atoms with Crippen LogP contribution in [-0.2, 0) is 0 Å². The smallest absolute Gasteiger partial charge is 0.199 e. The number of methoxy groups -OCH3 is 1. The fraction of sp³-hybridized carbons (Fsp3) is 0.154. The number of rotatable bonds is 5. The molecular formula is C13H11NO4S. The first-order valence-corrected chi connectivity index (χ1v) is 6.33. The van der Waals surface area contributed by atoms with Crippen molar-refractivity contribution in [3.8, 4) is 11.5 Å². The number of aromatic hydroxyl groups is 1. The Bertz CT molecular complexity index is 607. The Morgan fingerprint density at radius 1 is 1.37 bits per heavy atom. The first-order chi connectivity index (χ1) is 9.13. The Hall–Kier alpha value is -2.21. The molecule has 0 spiro atoms. The van der Waals surface area contributed by atoms with E-state index in [0.29, 0.717) is 0 Å². The zero-order chi connectivity index (χ0) is 13.8. The summed E-state index contributed by atoms with van der Waals surface area (Å²) in [4.78, 5) is 27.7. The number of phenolic OH excluding ortho intramolecular Hbond substituents is 1. The highest BCUT2D eigenvalue weighted by Gasteiger charge is 2.21. The van der Waals surface area contributed by atoms with Crippen molar-refractivity contribution in [2.75, 3.05) is 7.11 Å². The first kappa shape index (κ1) is 13.2. The summed E-state index contributed by atoms with van der Waals surface area (Å²) in [6, 6.07) is 4.50. The Kier molecular flexibility index (Phi) is 3.91. The van der Waals surface area contributed by atoms with E-state index in [4.69, 9.17) is 4.74 Å². The van der Waals surface area contributed by atoms with Crippen molar-refractivity contribution in [1.29, 1.82) is 0 Å². The van der Waals surface area contributed by atoms with Gasteiger partial charge in [0.15, 0.2) is 16.6 Å². The molecule has 2 aromatic rings. The zero-order valence-electron chi connectivity index (χ0n) is 10.1. The molecule has 0 bridgehead atoms. The molecule has 98 valence electrons. The van der Waals surface area contributed by atoms with Crippen LogP contribution in [0.4, 0.5) is 0 Å². The topological polar surface area (TPSA) is 76.5 Å². The molecule has 19 heavy (non-hydrogen) atoms. The number of ketones is 2. The normalized spacial score (nSPS) is 10.2. The number of phenols is 1. The second kappa shape index (κ2) is 5.62. The van der Waals surface area contributed by atoms with Crippen LogP contribution in [0.15, 0.2) is 29.8 Å². The number of hydrogen-bond donors (Lipinski definition) is 1. The molecule has 0 radical (unpaired) electrons. The van der Waals surface area contributed by atoms with Crippen LogP contribution in [0.25, 0.3) is 0 Å². The van der Waals surface area contributed by atoms with Crippen LogP contribution >= 0.6 is 11.3 Å². The number of hydrogen-bond acceptors (Lipinski definition) is 6. The van der Waals surface area contributed by atoms with Crippen LogP contribution in [0.2, 0.25) is 0 Å². The van der Waals surface area contributed by atoms with Gasteiger partial charge < -0.3 is 9.84 Å². The van der Waals surface area contributed by atoms with E-state index in [1.165, 1.54) is 30.7 Å². The van der Waals surface area contributed by atoms with E-state index in [0.717, 1.165) is 0 Å². The van der Waals surface area contributed by atoms with Gasteiger partial charge in [-0.25, -0.2) is 4.98 Å². The van der Waals surface area contributed by atoms with Crippen molar-refractivity contribution >= 4 is 22.9 Å². The third-order valence-electron chi connectivity index (χ3n) is 2.49. The van der Waals surface area contributed by atoms with Crippen molar-refractivity contribution < 1.29 is 19.4 Å². The molecule has 1 aromatic carbocycles. The first-order valence-electron chi connectivity index (χ1n) is 5.45. The zero-order valence-corrected chi connectivity index (χ0v) is 10.9. The molecule has 0 amide bonds. The lowest BCUT2D eigenvalue weighted by molar-refractivity contribution is 0.0891. The van der Waals surface area contributed by atoms with Crippen LogP contribution < -0.4 is 4.74 Å². The Balaban J connectivity index is 2.23. The van der Waals surface area contributed by atoms with Crippen LogP contribution in [-0.4, -0.2) is 28.8 Å². The van der Waals surface area contributed by atoms with Gasteiger partial charge in [-0.2, -0.15) is 0 Å². The van der Waals surface area contributed by atoms with Gasteiger partial charge >= 0.3 is 0 Å². The minimum atomic E-state index is -0.491. The summed E-state index contributed by atoms with van der Waals surface area (Å²) < 4.78 is 5.01. The van der Waals surface area contributed by atoms with E-state index < -0.39 is 5.78 Å². The SMILES string of the molecule is COc1cccc(O)c1C(=O)CC(=O)c1nccs1. The molecule has 0 fully saturated rings. The second-order valence-electron chi connectivity index (χ2n) is 3.71. The largest absolute Gasteiger partial charge is 0.507 e. The lowest BCUT2D eigenvalue weighted by atomic mass is 10.0. The summed E-state index contributed by atoms with van der Waals surface area (Å²) in [6.07, 6.45) is 1.16. The molecular weight excluding hydrogens is 266 g/mol. The number of carbonyl (C=O) groups excluding carboxylic acids is 2. The van der Waals surface area contributed by atoms with Crippen LogP contribution in [0, 0.1) is 0 Å². The van der Waals surface area contributed by atoms with Gasteiger partial charge in [0.05, 0.1) is 13.5 Å². The van der Waals surface area contributed by atoms with E-state index >= 15 is 0 Å². The van der Waals surface area contributed by atoms with Gasteiger partial charge in [0.25, 0.3) is 0 Å². The Morgan fingerprint density at radius 3 is 2.79 bits per heavy atom. The van der Waals surface area contributed by atoms with Crippen molar-refractivity contribution in [2.45, 2.75) is 6.42 Å². The average molecular weight is 277 g/mol. The van der Waals surface area contributed by atoms with Gasteiger partial charge in [-0.1, -0.05) is 6.07 Å². The summed E-state index contributed by atoms with van der Waals surface area (Å²) in [5, 5.41) is 11.7. The third kappa shape index (κ3) is 2.79. The van der Waals surface area contributed by atoms with E-state index in [1.807, 2.05) is 0 Å². The fourth-order valence-corrected chi connectivity index (χ4v) is 2.22. The number of nitrogens with zero attached hydrogens (tertiary/aromatic N) is 1. The Labute approximate surface area is 113 Å². The molecule has 2 rings (SSSR count). The van der Waals surface area contributed by atoms with E-state index in [2.05, 4.69) is 4.98 Å². The molecule has 6 heteroatoms. The summed E-state index contributed by atoms with van der Waals surface area (Å²) in [6.45, 7) is 0. The van der Waals surface area contributed by atoms with Crippen LogP contribution in [0.1, 0.15) is 26.6 Å². The number of ether oxygens (including phenoxy) is 1. The third-order valence-corrected chi connectivity index (χ3v) is 3.31. The molecule has 0 saturated carbocycles. The standard InChI is InChI=1S/C13H11NO4S/c1-18-11-4-2-3-8(15)12(11)9(16)7-10(17)13-14-5-6-19-13/h2-6,15H,7H2,1H3. The van der Waals surface area contributed by atoms with Gasteiger partial charge in [0, 0.05) is 11.6 Å². The van der Waals surface area contributed by atoms with Gasteiger partial charge in [-0.15, -0.1) is 11.3 Å². The van der Waals surface area contributed by atoms with Crippen molar-refractivity contribution in [2.24, 2.45) is 0 Å². The number of aromatic nitrogens is 1. The maximum Gasteiger partial charge on any atom is 0.199 e. The predicted octanol–water partition coefficient (Wildman–Crippen LogP) is 2.31. The maximum absolute atomic E-state index is 12.1. The van der Waals surface area contributed by atoms with Crippen LogP contribution in [0.3, 0.4) is 0 Å². The highest BCUT2D eigenvalue weighted by Crippen LogP contribution is 2.28. The second-order valence-corrected chi connectivity index (χ2v) is 4.61. The average Bonchev–Trinajstić information content (AvgIpc) is 2.92. The molecule has 1 N–H and O–H groups in total. The molecule has 5 nitrogen and oxygen atoms in total. The molecule has 0 aliphatic carbocycles. The summed E-state index contributed by atoms with van der Waals surface area (Å²) in [5.41, 5.74) is 0.0231. The summed E-state index contributed by atoms with van der Waals surface area (Å²) >= 11 is 1.18. The number of benzene rings is 1. The molecule has 0 saturated heterocycles. The maximum atomic E-state index is 12.1. The molecule has 1 aromatic heterocycles. The predicted molar refractivity (Wildman–Crippen MR) is 70.1 cm³/mol. The number of carbonyl (C=O) groups is 2. The fourth-order valence-electron chi connectivity index (χ4n) is 1.64. The quantitative estimate of drug-likeness (QED) is 0.670. The minimum Gasteiger partial charge on any atom is -0.507 e. The molecule has 0 unspecified atom stereocenters. The van der Waals surface area contributed by atoms with E-state index in [9.17, 15) is 14.7 Å². The molecule has 0 aliphatic heterocycles. The summed E-state index contributed by atoms with van der Waals surface area (Å²) in [5.74, 6) is -0.811. The van der Waals surface area contributed by atoms with Crippen molar-refractivity contribution in [1.82, 2.24) is 4.98 Å². The van der Waals surface area contributed by atoms with E-state index in [-0.39, 0.29) is 34.3 Å². The summed E-state index contributed by atoms with van der Waals surface area (Å²) in [7, 11) is 1.40. The van der Waals surface area contributed by atoms with Crippen LogP contribution in [0.5, 0.6) is 11.5 Å². The van der Waals surface area contributed by atoms with Gasteiger partial charge in [0.1, 0.15) is 17.1 Å². The number of thiazole rings is 1. The highest BCUT2D eigenvalue weighted by molar-refractivity contribution is 7.11. The Morgan fingerprint density at radius 2 is 2.16 bits per heavy atom. The van der Waals surface area contributed by atoms with Gasteiger partial charge in [0.2, 0.25) is 0 Å². The number of Topliss-reactive ketones (excluding diaryl/α,β-unsaturated/α-hetero) is 2.